The number of nitrogens with one attached hydrogen (secondary N) is 1. The zero-order chi connectivity index (χ0) is 22.1. The van der Waals surface area contributed by atoms with Crippen LogP contribution < -0.4 is 10.2 Å². The average molecular weight is 417 g/mol. The van der Waals surface area contributed by atoms with E-state index in [-0.39, 0.29) is 35.5 Å². The van der Waals surface area contributed by atoms with Crippen LogP contribution in [0.15, 0.2) is 54.6 Å². The molecule has 1 heterocycles. The highest BCUT2D eigenvalue weighted by atomic mass is 16.2. The molecule has 31 heavy (non-hydrogen) atoms. The van der Waals surface area contributed by atoms with Crippen LogP contribution in [0.3, 0.4) is 0 Å². The minimum atomic E-state index is -0.321. The number of carbonyl (C=O) groups excluding carboxylic acids is 3. The van der Waals surface area contributed by atoms with Gasteiger partial charge in [-0.15, -0.1) is 0 Å². The fourth-order valence-corrected chi connectivity index (χ4v) is 4.78. The van der Waals surface area contributed by atoms with E-state index in [1.165, 1.54) is 4.90 Å². The van der Waals surface area contributed by atoms with Gasteiger partial charge in [-0.3, -0.25) is 19.3 Å². The molecule has 1 fully saturated rings. The lowest BCUT2D eigenvalue weighted by Crippen LogP contribution is -2.31. The summed E-state index contributed by atoms with van der Waals surface area (Å²) in [7, 11) is 0. The maximum atomic E-state index is 13.1. The van der Waals surface area contributed by atoms with E-state index >= 15 is 0 Å². The molecule has 1 N–H and O–H groups in total. The number of fused-ring (bicyclic) bond motifs is 1. The van der Waals surface area contributed by atoms with Crippen molar-refractivity contribution in [2.45, 2.75) is 40.0 Å². The number of allylic oxidation sites excluding steroid dienone is 2. The second-order valence-corrected chi connectivity index (χ2v) is 8.33. The lowest BCUT2D eigenvalue weighted by atomic mass is 9.78. The SMILES string of the molecule is CCc1cccc(CC)c1NC(=O)c1cccc(N2C(=O)[C@H]3[C@@H](C)C=CC[C@H]3C2=O)c1. The second-order valence-electron chi connectivity index (χ2n) is 8.33. The van der Waals surface area contributed by atoms with Crippen molar-refractivity contribution in [3.8, 4) is 0 Å². The quantitative estimate of drug-likeness (QED) is 0.564. The summed E-state index contributed by atoms with van der Waals surface area (Å²) in [5, 5.41) is 3.06. The van der Waals surface area contributed by atoms with E-state index in [0.29, 0.717) is 17.7 Å². The van der Waals surface area contributed by atoms with Crippen molar-refractivity contribution in [1.29, 1.82) is 0 Å². The van der Waals surface area contributed by atoms with Crippen LogP contribution in [0.2, 0.25) is 0 Å². The maximum Gasteiger partial charge on any atom is 0.255 e. The highest BCUT2D eigenvalue weighted by Gasteiger charge is 2.50. The number of benzene rings is 2. The number of nitrogens with zero attached hydrogens (tertiary/aromatic N) is 1. The summed E-state index contributed by atoms with van der Waals surface area (Å²) in [4.78, 5) is 40.4. The minimum Gasteiger partial charge on any atom is -0.321 e. The number of imide groups is 1. The molecule has 5 heteroatoms. The first-order valence-corrected chi connectivity index (χ1v) is 11.0. The molecule has 0 unspecified atom stereocenters. The molecule has 0 saturated carbocycles. The van der Waals surface area contributed by atoms with Crippen LogP contribution >= 0.6 is 0 Å². The van der Waals surface area contributed by atoms with Gasteiger partial charge in [0, 0.05) is 11.3 Å². The van der Waals surface area contributed by atoms with Gasteiger partial charge < -0.3 is 5.32 Å². The predicted octanol–water partition coefficient (Wildman–Crippen LogP) is 4.77. The first-order valence-electron chi connectivity index (χ1n) is 11.0. The third-order valence-corrected chi connectivity index (χ3v) is 6.48. The fourth-order valence-electron chi connectivity index (χ4n) is 4.78. The third kappa shape index (κ3) is 3.69. The Balaban J connectivity index is 1.62. The molecule has 4 rings (SSSR count). The van der Waals surface area contributed by atoms with E-state index in [4.69, 9.17) is 0 Å². The van der Waals surface area contributed by atoms with Crippen molar-refractivity contribution in [2.24, 2.45) is 17.8 Å². The Morgan fingerprint density at radius 2 is 1.71 bits per heavy atom. The second kappa shape index (κ2) is 8.50. The number of hydrogen-bond acceptors (Lipinski definition) is 3. The Morgan fingerprint density at radius 3 is 2.35 bits per heavy atom. The van der Waals surface area contributed by atoms with Crippen molar-refractivity contribution >= 4 is 29.1 Å². The van der Waals surface area contributed by atoms with Gasteiger partial charge in [0.15, 0.2) is 0 Å². The summed E-state index contributed by atoms with van der Waals surface area (Å²) in [6, 6.07) is 12.8. The number of aryl methyl sites for hydroxylation is 2. The fraction of sp³-hybridized carbons (Fsp3) is 0.346. The monoisotopic (exact) mass is 416 g/mol. The topological polar surface area (TPSA) is 66.5 Å². The number of hydrogen-bond donors (Lipinski definition) is 1. The molecule has 1 saturated heterocycles. The summed E-state index contributed by atoms with van der Waals surface area (Å²) in [5.74, 6) is -1.19. The molecular formula is C26H28N2O3. The first kappa shape index (κ1) is 21.0. The molecule has 3 amide bonds. The zero-order valence-corrected chi connectivity index (χ0v) is 18.2. The summed E-state index contributed by atoms with van der Waals surface area (Å²) in [5.41, 5.74) is 3.90. The smallest absolute Gasteiger partial charge is 0.255 e. The van der Waals surface area contributed by atoms with Gasteiger partial charge in [0.2, 0.25) is 11.8 Å². The van der Waals surface area contributed by atoms with Gasteiger partial charge in [-0.25, -0.2) is 0 Å². The molecule has 0 spiro atoms. The van der Waals surface area contributed by atoms with Gasteiger partial charge >= 0.3 is 0 Å². The van der Waals surface area contributed by atoms with Crippen molar-refractivity contribution in [3.05, 3.63) is 71.3 Å². The van der Waals surface area contributed by atoms with Crippen molar-refractivity contribution in [1.82, 2.24) is 0 Å². The Labute approximate surface area is 183 Å². The molecule has 0 bridgehead atoms. The Bertz CT molecular complexity index is 1050. The number of anilines is 2. The molecule has 2 aromatic rings. The number of rotatable bonds is 5. The van der Waals surface area contributed by atoms with E-state index in [1.807, 2.05) is 37.3 Å². The molecule has 1 aliphatic carbocycles. The van der Waals surface area contributed by atoms with E-state index in [1.54, 1.807) is 24.3 Å². The van der Waals surface area contributed by atoms with Crippen LogP contribution in [0.1, 0.15) is 48.7 Å². The van der Waals surface area contributed by atoms with Crippen molar-refractivity contribution in [3.63, 3.8) is 0 Å². The maximum absolute atomic E-state index is 13.1. The molecule has 2 aliphatic rings. The highest BCUT2D eigenvalue weighted by molar-refractivity contribution is 6.22. The number of amides is 3. The van der Waals surface area contributed by atoms with Gasteiger partial charge in [-0.1, -0.05) is 57.2 Å². The standard InChI is InChI=1S/C26H28N2O3/c1-4-17-10-7-11-18(5-2)23(17)27-24(29)19-12-8-13-20(15-19)28-25(30)21-14-6-9-16(3)22(21)26(28)31/h6-13,15-16,21-22H,4-5,14H2,1-3H3,(H,27,29)/t16-,21+,22-/m0/s1. The lowest BCUT2D eigenvalue weighted by molar-refractivity contribution is -0.122. The summed E-state index contributed by atoms with van der Waals surface area (Å²) in [6.07, 6.45) is 6.21. The van der Waals surface area contributed by atoms with Crippen LogP contribution in [-0.4, -0.2) is 17.7 Å². The van der Waals surface area contributed by atoms with Crippen LogP contribution in [-0.2, 0) is 22.4 Å². The summed E-state index contributed by atoms with van der Waals surface area (Å²) >= 11 is 0. The minimum absolute atomic E-state index is 0.0321. The Hall–Kier alpha value is -3.21. The Kier molecular flexibility index (Phi) is 5.77. The van der Waals surface area contributed by atoms with E-state index < -0.39 is 0 Å². The number of carbonyl (C=O) groups is 3. The molecular weight excluding hydrogens is 388 g/mol. The largest absolute Gasteiger partial charge is 0.321 e. The van der Waals surface area contributed by atoms with E-state index in [0.717, 1.165) is 29.7 Å². The van der Waals surface area contributed by atoms with Crippen LogP contribution in [0.5, 0.6) is 0 Å². The van der Waals surface area contributed by atoms with Gasteiger partial charge in [-0.2, -0.15) is 0 Å². The average Bonchev–Trinajstić information content (AvgIpc) is 3.05. The zero-order valence-electron chi connectivity index (χ0n) is 18.2. The van der Waals surface area contributed by atoms with Gasteiger partial charge in [0.1, 0.15) is 0 Å². The highest BCUT2D eigenvalue weighted by Crippen LogP contribution is 2.40. The van der Waals surface area contributed by atoms with Crippen LogP contribution in [0.4, 0.5) is 11.4 Å². The Morgan fingerprint density at radius 1 is 1.03 bits per heavy atom. The van der Waals surface area contributed by atoms with Gasteiger partial charge in [0.25, 0.3) is 5.91 Å². The van der Waals surface area contributed by atoms with Crippen LogP contribution in [0.25, 0.3) is 0 Å². The molecule has 3 atom stereocenters. The van der Waals surface area contributed by atoms with Gasteiger partial charge in [-0.05, 0) is 54.5 Å². The normalized spacial score (nSPS) is 22.5. The summed E-state index contributed by atoms with van der Waals surface area (Å²) in [6.45, 7) is 6.10. The first-order chi connectivity index (χ1) is 15.0. The molecule has 1 aliphatic heterocycles. The number of para-hydroxylation sites is 1. The van der Waals surface area contributed by atoms with E-state index in [9.17, 15) is 14.4 Å². The van der Waals surface area contributed by atoms with Crippen molar-refractivity contribution in [2.75, 3.05) is 10.2 Å². The molecule has 2 aromatic carbocycles. The summed E-state index contributed by atoms with van der Waals surface area (Å²) < 4.78 is 0. The van der Waals surface area contributed by atoms with Gasteiger partial charge in [0.05, 0.1) is 17.5 Å². The molecule has 0 radical (unpaired) electrons. The van der Waals surface area contributed by atoms with Crippen LogP contribution in [0, 0.1) is 17.8 Å². The van der Waals surface area contributed by atoms with E-state index in [2.05, 4.69) is 19.2 Å². The molecule has 5 nitrogen and oxygen atoms in total. The molecule has 0 aromatic heterocycles. The lowest BCUT2D eigenvalue weighted by Gasteiger charge is -2.22. The molecule has 160 valence electrons. The third-order valence-electron chi connectivity index (χ3n) is 6.48. The predicted molar refractivity (Wildman–Crippen MR) is 122 cm³/mol. The van der Waals surface area contributed by atoms with Crippen molar-refractivity contribution < 1.29 is 14.4 Å².